The van der Waals surface area contributed by atoms with E-state index in [1.807, 2.05) is 43.7 Å². The van der Waals surface area contributed by atoms with E-state index in [4.69, 9.17) is 9.97 Å². The van der Waals surface area contributed by atoms with Crippen molar-refractivity contribution in [2.45, 2.75) is 63.6 Å². The summed E-state index contributed by atoms with van der Waals surface area (Å²) in [5.74, 6) is 7.45. The third-order valence-electron chi connectivity index (χ3n) is 9.22. The Morgan fingerprint density at radius 1 is 0.857 bits per heavy atom. The summed E-state index contributed by atoms with van der Waals surface area (Å²) in [6.07, 6.45) is 15.1. The maximum atomic E-state index is 11.0. The summed E-state index contributed by atoms with van der Waals surface area (Å²) in [6.45, 7) is 5.30. The number of hydrogen-bond acceptors (Lipinski definition) is 10. The lowest BCUT2D eigenvalue weighted by Crippen LogP contribution is -2.43. The zero-order chi connectivity index (χ0) is 33.8. The van der Waals surface area contributed by atoms with Gasteiger partial charge >= 0.3 is 0 Å². The SMILES string of the molecule is CN1CCN(Cc2ccc(-c3cnc(Nc4ccc(C#Cc5cc(C=O)ccn5)cc4)nc3NC3CCCCC3)nc2)CC1.CNC1CC1. The number of aromatic nitrogens is 4. The van der Waals surface area contributed by atoms with Gasteiger partial charge in [0, 0.05) is 80.2 Å². The first kappa shape index (κ1) is 34.2. The topological polar surface area (TPSA) is 111 Å². The van der Waals surface area contributed by atoms with Crippen molar-refractivity contribution in [1.82, 2.24) is 35.1 Å². The number of rotatable bonds is 9. The minimum atomic E-state index is 0.390. The molecule has 0 radical (unpaired) electrons. The highest BCUT2D eigenvalue weighted by Gasteiger charge is 2.19. The number of carbonyl (C=O) groups is 1. The third-order valence-corrected chi connectivity index (χ3v) is 9.22. The number of anilines is 3. The van der Waals surface area contributed by atoms with Gasteiger partial charge in [0.1, 0.15) is 17.8 Å². The molecule has 3 aromatic heterocycles. The van der Waals surface area contributed by atoms with Gasteiger partial charge in [0.2, 0.25) is 5.95 Å². The highest BCUT2D eigenvalue weighted by molar-refractivity contribution is 5.75. The van der Waals surface area contributed by atoms with E-state index in [-0.39, 0.29) is 0 Å². The van der Waals surface area contributed by atoms with Crippen LogP contribution in [0.3, 0.4) is 0 Å². The molecule has 2 aliphatic carbocycles. The number of carbonyl (C=O) groups excluding carboxylic acids is 1. The van der Waals surface area contributed by atoms with Crippen LogP contribution < -0.4 is 16.0 Å². The molecule has 2 saturated carbocycles. The number of piperazine rings is 1. The standard InChI is InChI=1S/C35H38N8O.C4H9N/c1-42-17-19-43(20-18-42)24-28-10-14-33(37-22-28)32-23-38-35(41-34(32)39-29-5-3-2-4-6-29)40-30-11-7-26(8-12-30)9-13-31-21-27(25-44)15-16-36-31;1-5-4-2-3-4/h7-8,10-12,14-16,21-23,25,29H,2-6,17-20,24H2,1H3,(H2,38,39,40,41);4-5H,2-3H2,1H3. The highest BCUT2D eigenvalue weighted by atomic mass is 16.1. The molecule has 3 N–H and O–H groups in total. The van der Waals surface area contributed by atoms with Crippen molar-refractivity contribution in [2.75, 3.05) is 50.9 Å². The molecule has 0 atom stereocenters. The lowest BCUT2D eigenvalue weighted by atomic mass is 9.95. The van der Waals surface area contributed by atoms with Crippen molar-refractivity contribution < 1.29 is 4.79 Å². The predicted octanol–water partition coefficient (Wildman–Crippen LogP) is 5.75. The Labute approximate surface area is 290 Å². The van der Waals surface area contributed by atoms with E-state index < -0.39 is 0 Å². The van der Waals surface area contributed by atoms with E-state index in [2.05, 4.69) is 66.7 Å². The van der Waals surface area contributed by atoms with Crippen LogP contribution in [0.15, 0.2) is 67.1 Å². The molecule has 7 rings (SSSR count). The Hall–Kier alpha value is -4.69. The molecule has 0 spiro atoms. The van der Waals surface area contributed by atoms with Crippen LogP contribution in [-0.2, 0) is 6.54 Å². The zero-order valence-corrected chi connectivity index (χ0v) is 28.7. The van der Waals surface area contributed by atoms with Gasteiger partial charge < -0.3 is 20.9 Å². The highest BCUT2D eigenvalue weighted by Crippen LogP contribution is 2.30. The molecule has 1 aromatic carbocycles. The smallest absolute Gasteiger partial charge is 0.229 e. The van der Waals surface area contributed by atoms with Crippen LogP contribution in [-0.4, -0.2) is 88.4 Å². The summed E-state index contributed by atoms with van der Waals surface area (Å²) in [4.78, 5) is 34.5. The molecule has 3 fully saturated rings. The molecular formula is C39H47N9O. The monoisotopic (exact) mass is 657 g/mol. The number of pyridine rings is 2. The zero-order valence-electron chi connectivity index (χ0n) is 28.7. The molecule has 4 aromatic rings. The Balaban J connectivity index is 0.000000765. The van der Waals surface area contributed by atoms with Crippen LogP contribution in [0.25, 0.3) is 11.3 Å². The summed E-state index contributed by atoms with van der Waals surface area (Å²) in [6, 6.07) is 16.6. The number of benzene rings is 1. The van der Waals surface area contributed by atoms with Crippen LogP contribution in [0.5, 0.6) is 0 Å². The minimum Gasteiger partial charge on any atom is -0.367 e. The van der Waals surface area contributed by atoms with E-state index in [9.17, 15) is 4.79 Å². The number of nitrogens with one attached hydrogen (secondary N) is 3. The number of aldehydes is 1. The fourth-order valence-corrected chi connectivity index (χ4v) is 5.98. The molecule has 10 heteroatoms. The summed E-state index contributed by atoms with van der Waals surface area (Å²) in [5, 5.41) is 10.2. The quantitative estimate of drug-likeness (QED) is 0.152. The summed E-state index contributed by atoms with van der Waals surface area (Å²) >= 11 is 0. The Kier molecular flexibility index (Phi) is 11.9. The first-order valence-electron chi connectivity index (χ1n) is 17.5. The molecule has 0 amide bonds. The van der Waals surface area contributed by atoms with Gasteiger partial charge in [0.25, 0.3) is 0 Å². The van der Waals surface area contributed by atoms with Crippen LogP contribution in [0.2, 0.25) is 0 Å². The second kappa shape index (κ2) is 17.1. The van der Waals surface area contributed by atoms with Gasteiger partial charge in [-0.1, -0.05) is 31.2 Å². The molecule has 49 heavy (non-hydrogen) atoms. The van der Waals surface area contributed by atoms with Gasteiger partial charge in [0.05, 0.1) is 11.3 Å². The number of hydrogen-bond donors (Lipinski definition) is 3. The summed E-state index contributed by atoms with van der Waals surface area (Å²) in [5.41, 5.74) is 5.81. The molecule has 1 aliphatic heterocycles. The number of nitrogens with zero attached hydrogens (tertiary/aromatic N) is 6. The Bertz CT molecular complexity index is 1710. The Morgan fingerprint density at radius 3 is 2.33 bits per heavy atom. The van der Waals surface area contributed by atoms with Crippen LogP contribution in [0, 0.1) is 11.8 Å². The molecule has 0 unspecified atom stereocenters. The van der Waals surface area contributed by atoms with Gasteiger partial charge in [-0.05, 0) is 93.7 Å². The normalized spacial score (nSPS) is 16.9. The Morgan fingerprint density at radius 2 is 1.65 bits per heavy atom. The maximum absolute atomic E-state index is 11.0. The van der Waals surface area contributed by atoms with E-state index in [1.165, 1.54) is 37.7 Å². The maximum Gasteiger partial charge on any atom is 0.229 e. The van der Waals surface area contributed by atoms with Gasteiger partial charge in [-0.2, -0.15) is 4.98 Å². The van der Waals surface area contributed by atoms with Crippen molar-refractivity contribution in [3.8, 4) is 23.1 Å². The van der Waals surface area contributed by atoms with Gasteiger partial charge in [-0.3, -0.25) is 14.7 Å². The lowest BCUT2D eigenvalue weighted by Gasteiger charge is -2.32. The second-order valence-corrected chi connectivity index (χ2v) is 13.2. The molecule has 3 aliphatic rings. The van der Waals surface area contributed by atoms with E-state index >= 15 is 0 Å². The summed E-state index contributed by atoms with van der Waals surface area (Å²) in [7, 11) is 4.19. The van der Waals surface area contributed by atoms with E-state index in [0.29, 0.717) is 23.2 Å². The molecule has 254 valence electrons. The van der Waals surface area contributed by atoms with Gasteiger partial charge in [-0.15, -0.1) is 0 Å². The third kappa shape index (κ3) is 10.4. The molecule has 4 heterocycles. The molecule has 10 nitrogen and oxygen atoms in total. The average Bonchev–Trinajstić information content (AvgIpc) is 3.99. The number of likely N-dealkylation sites (N-methyl/N-ethyl adjacent to an activating group) is 1. The fraction of sp³-hybridized carbons (Fsp3) is 0.410. The summed E-state index contributed by atoms with van der Waals surface area (Å²) < 4.78 is 0. The minimum absolute atomic E-state index is 0.390. The fourth-order valence-electron chi connectivity index (χ4n) is 5.98. The van der Waals surface area contributed by atoms with E-state index in [0.717, 1.165) is 86.2 Å². The molecule has 0 bridgehead atoms. The van der Waals surface area contributed by atoms with Gasteiger partial charge in [-0.25, -0.2) is 9.97 Å². The largest absolute Gasteiger partial charge is 0.367 e. The van der Waals surface area contributed by atoms with Crippen LogP contribution in [0.1, 0.15) is 72.1 Å². The van der Waals surface area contributed by atoms with Crippen molar-refractivity contribution >= 4 is 23.7 Å². The van der Waals surface area contributed by atoms with E-state index in [1.54, 1.807) is 18.3 Å². The molecular weight excluding hydrogens is 610 g/mol. The van der Waals surface area contributed by atoms with Crippen molar-refractivity contribution in [2.24, 2.45) is 0 Å². The van der Waals surface area contributed by atoms with Crippen molar-refractivity contribution in [3.63, 3.8) is 0 Å². The predicted molar refractivity (Wildman–Crippen MR) is 196 cm³/mol. The molecule has 1 saturated heterocycles. The average molecular weight is 658 g/mol. The van der Waals surface area contributed by atoms with Crippen LogP contribution in [0.4, 0.5) is 17.5 Å². The van der Waals surface area contributed by atoms with Crippen LogP contribution >= 0.6 is 0 Å². The van der Waals surface area contributed by atoms with Gasteiger partial charge in [0.15, 0.2) is 0 Å². The first-order chi connectivity index (χ1) is 24.0. The second-order valence-electron chi connectivity index (χ2n) is 13.2. The van der Waals surface area contributed by atoms with Crippen molar-refractivity contribution in [1.29, 1.82) is 0 Å². The lowest BCUT2D eigenvalue weighted by molar-refractivity contribution is 0.112. The van der Waals surface area contributed by atoms with Crippen molar-refractivity contribution in [3.05, 3.63) is 89.5 Å². The first-order valence-corrected chi connectivity index (χ1v) is 17.5.